The van der Waals surface area contributed by atoms with Crippen LogP contribution in [0.4, 0.5) is 11.4 Å². The number of hydrogen-bond donors (Lipinski definition) is 2. The third-order valence-electron chi connectivity index (χ3n) is 3.45. The number of hydrogen-bond acceptors (Lipinski definition) is 5. The predicted octanol–water partition coefficient (Wildman–Crippen LogP) is 2.73. The van der Waals surface area contributed by atoms with Crippen LogP contribution in [0.25, 0.3) is 0 Å². The lowest BCUT2D eigenvalue weighted by atomic mass is 9.98. The molecule has 1 fully saturated rings. The van der Waals surface area contributed by atoms with Gasteiger partial charge in [0.05, 0.1) is 17.6 Å². The standard InChI is InChI=1S/C13H19N3O3/c14-15-12-8-10(6-7-13(12)16(17)18)9-19-11-4-2-1-3-5-11/h6-8,11,15H,1-5,9,14H2. The summed E-state index contributed by atoms with van der Waals surface area (Å²) in [5, 5.41) is 10.8. The second kappa shape index (κ2) is 6.49. The van der Waals surface area contributed by atoms with Gasteiger partial charge in [0.25, 0.3) is 5.69 Å². The van der Waals surface area contributed by atoms with Crippen molar-refractivity contribution in [2.45, 2.75) is 44.8 Å². The zero-order valence-corrected chi connectivity index (χ0v) is 10.8. The van der Waals surface area contributed by atoms with Gasteiger partial charge >= 0.3 is 0 Å². The number of nitrogens with zero attached hydrogens (tertiary/aromatic N) is 1. The lowest BCUT2D eigenvalue weighted by molar-refractivity contribution is -0.384. The van der Waals surface area contributed by atoms with E-state index in [-0.39, 0.29) is 5.69 Å². The maximum atomic E-state index is 10.8. The van der Waals surface area contributed by atoms with Crippen LogP contribution in [0.5, 0.6) is 0 Å². The predicted molar refractivity (Wildman–Crippen MR) is 72.6 cm³/mol. The van der Waals surface area contributed by atoms with Crippen LogP contribution < -0.4 is 11.3 Å². The minimum atomic E-state index is -0.457. The Labute approximate surface area is 112 Å². The Hall–Kier alpha value is -1.66. The smallest absolute Gasteiger partial charge is 0.293 e. The molecule has 1 aromatic rings. The van der Waals surface area contributed by atoms with Crippen LogP contribution in [0.15, 0.2) is 18.2 Å². The molecule has 0 atom stereocenters. The Bertz CT molecular complexity index is 445. The molecule has 1 saturated carbocycles. The monoisotopic (exact) mass is 265 g/mol. The van der Waals surface area contributed by atoms with Crippen molar-refractivity contribution in [1.82, 2.24) is 0 Å². The Morgan fingerprint density at radius 1 is 1.37 bits per heavy atom. The lowest BCUT2D eigenvalue weighted by Crippen LogP contribution is -2.16. The highest BCUT2D eigenvalue weighted by Gasteiger charge is 2.16. The first-order valence-electron chi connectivity index (χ1n) is 6.56. The van der Waals surface area contributed by atoms with E-state index >= 15 is 0 Å². The van der Waals surface area contributed by atoms with Gasteiger partial charge in [-0.15, -0.1) is 0 Å². The van der Waals surface area contributed by atoms with Crippen LogP contribution in [-0.2, 0) is 11.3 Å². The number of nitrogens with one attached hydrogen (secondary N) is 1. The van der Waals surface area contributed by atoms with Crippen molar-refractivity contribution in [3.8, 4) is 0 Å². The Morgan fingerprint density at radius 3 is 2.74 bits per heavy atom. The van der Waals surface area contributed by atoms with Gasteiger partial charge in [-0.05, 0) is 30.5 Å². The van der Waals surface area contributed by atoms with Crippen molar-refractivity contribution >= 4 is 11.4 Å². The quantitative estimate of drug-likeness (QED) is 0.485. The number of benzene rings is 1. The van der Waals surface area contributed by atoms with E-state index in [4.69, 9.17) is 10.6 Å². The first-order valence-corrected chi connectivity index (χ1v) is 6.56. The van der Waals surface area contributed by atoms with Crippen molar-refractivity contribution in [1.29, 1.82) is 0 Å². The van der Waals surface area contributed by atoms with Gasteiger partial charge < -0.3 is 10.2 Å². The molecule has 104 valence electrons. The first-order chi connectivity index (χ1) is 9.20. The van der Waals surface area contributed by atoms with Crippen LogP contribution >= 0.6 is 0 Å². The Balaban J connectivity index is 1.98. The fraction of sp³-hybridized carbons (Fsp3) is 0.538. The van der Waals surface area contributed by atoms with Crippen LogP contribution in [0.3, 0.4) is 0 Å². The van der Waals surface area contributed by atoms with Gasteiger partial charge in [0, 0.05) is 6.07 Å². The third kappa shape index (κ3) is 3.65. The van der Waals surface area contributed by atoms with Crippen LogP contribution in [-0.4, -0.2) is 11.0 Å². The van der Waals surface area contributed by atoms with Gasteiger partial charge in [-0.1, -0.05) is 19.3 Å². The number of anilines is 1. The summed E-state index contributed by atoms with van der Waals surface area (Å²) in [5.41, 5.74) is 3.54. The molecule has 19 heavy (non-hydrogen) atoms. The van der Waals surface area contributed by atoms with Crippen LogP contribution in [0.1, 0.15) is 37.7 Å². The summed E-state index contributed by atoms with van der Waals surface area (Å²) in [5.74, 6) is 5.30. The molecule has 0 amide bonds. The molecular formula is C13H19N3O3. The highest BCUT2D eigenvalue weighted by Crippen LogP contribution is 2.26. The molecule has 0 radical (unpaired) electrons. The lowest BCUT2D eigenvalue weighted by Gasteiger charge is -2.22. The molecule has 1 aliphatic carbocycles. The van der Waals surface area contributed by atoms with E-state index in [9.17, 15) is 10.1 Å². The van der Waals surface area contributed by atoms with Crippen LogP contribution in [0, 0.1) is 10.1 Å². The van der Waals surface area contributed by atoms with Gasteiger partial charge in [-0.3, -0.25) is 16.0 Å². The summed E-state index contributed by atoms with van der Waals surface area (Å²) in [6.45, 7) is 0.470. The van der Waals surface area contributed by atoms with E-state index in [1.807, 2.05) is 0 Å². The number of rotatable bonds is 5. The van der Waals surface area contributed by atoms with E-state index in [2.05, 4.69) is 5.43 Å². The SMILES string of the molecule is NNc1cc(COC2CCCCC2)ccc1[N+](=O)[O-]. The highest BCUT2D eigenvalue weighted by atomic mass is 16.6. The number of nitro benzene ring substituents is 1. The average Bonchev–Trinajstić information content (AvgIpc) is 2.45. The van der Waals surface area contributed by atoms with Crippen molar-refractivity contribution in [3.05, 3.63) is 33.9 Å². The summed E-state index contributed by atoms with van der Waals surface area (Å²) in [7, 11) is 0. The molecule has 6 nitrogen and oxygen atoms in total. The first kappa shape index (κ1) is 13.8. The molecule has 1 aromatic carbocycles. The minimum absolute atomic E-state index is 0.0242. The van der Waals surface area contributed by atoms with E-state index in [0.717, 1.165) is 18.4 Å². The molecule has 1 aliphatic rings. The Kier molecular flexibility index (Phi) is 4.70. The van der Waals surface area contributed by atoms with E-state index < -0.39 is 4.92 Å². The average molecular weight is 265 g/mol. The zero-order valence-electron chi connectivity index (χ0n) is 10.8. The molecule has 0 spiro atoms. The second-order valence-corrected chi connectivity index (χ2v) is 4.82. The van der Waals surface area contributed by atoms with E-state index in [1.54, 1.807) is 12.1 Å². The summed E-state index contributed by atoms with van der Waals surface area (Å²) in [4.78, 5) is 10.3. The van der Waals surface area contributed by atoms with Gasteiger partial charge in [0.2, 0.25) is 0 Å². The van der Waals surface area contributed by atoms with Gasteiger partial charge in [0.1, 0.15) is 5.69 Å². The molecule has 0 heterocycles. The topological polar surface area (TPSA) is 90.4 Å². The second-order valence-electron chi connectivity index (χ2n) is 4.82. The highest BCUT2D eigenvalue weighted by molar-refractivity contribution is 5.61. The minimum Gasteiger partial charge on any atom is -0.374 e. The van der Waals surface area contributed by atoms with Gasteiger partial charge in [-0.25, -0.2) is 0 Å². The molecule has 0 aliphatic heterocycles. The molecule has 0 bridgehead atoms. The summed E-state index contributed by atoms with van der Waals surface area (Å²) in [6.07, 6.45) is 6.27. The molecule has 2 rings (SSSR count). The number of nitrogen functional groups attached to an aromatic ring is 1. The largest absolute Gasteiger partial charge is 0.374 e. The van der Waals surface area contributed by atoms with Gasteiger partial charge in [-0.2, -0.15) is 0 Å². The molecule has 3 N–H and O–H groups in total. The molecular weight excluding hydrogens is 246 g/mol. The normalized spacial score (nSPS) is 16.3. The van der Waals surface area contributed by atoms with Gasteiger partial charge in [0.15, 0.2) is 0 Å². The summed E-state index contributed by atoms with van der Waals surface area (Å²) in [6, 6.07) is 4.83. The Morgan fingerprint density at radius 2 is 2.11 bits per heavy atom. The molecule has 0 saturated heterocycles. The third-order valence-corrected chi connectivity index (χ3v) is 3.45. The fourth-order valence-corrected chi connectivity index (χ4v) is 2.39. The molecule has 0 unspecified atom stereocenters. The van der Waals surface area contributed by atoms with Crippen molar-refractivity contribution < 1.29 is 9.66 Å². The fourth-order valence-electron chi connectivity index (χ4n) is 2.39. The maximum Gasteiger partial charge on any atom is 0.293 e. The van der Waals surface area contributed by atoms with E-state index in [1.165, 1.54) is 25.3 Å². The van der Waals surface area contributed by atoms with Crippen molar-refractivity contribution in [3.63, 3.8) is 0 Å². The molecule has 0 aromatic heterocycles. The maximum absolute atomic E-state index is 10.8. The molecule has 6 heteroatoms. The van der Waals surface area contributed by atoms with Crippen molar-refractivity contribution in [2.24, 2.45) is 5.84 Å². The number of hydrazine groups is 1. The number of nitrogens with two attached hydrogens (primary N) is 1. The zero-order chi connectivity index (χ0) is 13.7. The summed E-state index contributed by atoms with van der Waals surface area (Å²) >= 11 is 0. The summed E-state index contributed by atoms with van der Waals surface area (Å²) < 4.78 is 5.83. The number of nitro groups is 1. The number of ether oxygens (including phenoxy) is 1. The van der Waals surface area contributed by atoms with E-state index in [0.29, 0.717) is 18.4 Å². The van der Waals surface area contributed by atoms with Crippen LogP contribution in [0.2, 0.25) is 0 Å². The van der Waals surface area contributed by atoms with Crippen molar-refractivity contribution in [2.75, 3.05) is 5.43 Å².